The van der Waals surface area contributed by atoms with E-state index in [1.807, 2.05) is 20.8 Å². The van der Waals surface area contributed by atoms with E-state index in [-0.39, 0.29) is 6.09 Å². The van der Waals surface area contributed by atoms with Crippen LogP contribution in [0.4, 0.5) is 4.79 Å². The number of halogens is 1. The number of amides is 1. The van der Waals surface area contributed by atoms with Gasteiger partial charge in [0.05, 0.1) is 13.2 Å². The molecule has 92 valence electrons. The van der Waals surface area contributed by atoms with E-state index in [0.29, 0.717) is 26.3 Å². The van der Waals surface area contributed by atoms with Crippen LogP contribution >= 0.6 is 15.9 Å². The lowest BCUT2D eigenvalue weighted by molar-refractivity contribution is 0.0249. The Hall–Kier alpha value is -0.550. The minimum atomic E-state index is -0.456. The van der Waals surface area contributed by atoms with E-state index in [0.717, 1.165) is 5.57 Å². The second kappa shape index (κ2) is 5.68. The highest BCUT2D eigenvalue weighted by molar-refractivity contribution is 9.11. The van der Waals surface area contributed by atoms with Crippen molar-refractivity contribution in [3.8, 4) is 0 Å². The molecule has 0 spiro atoms. The average molecular weight is 292 g/mol. The number of hydrogen-bond acceptors (Lipinski definition) is 3. The summed E-state index contributed by atoms with van der Waals surface area (Å²) in [5.41, 5.74) is 0.575. The van der Waals surface area contributed by atoms with E-state index < -0.39 is 5.60 Å². The third kappa shape index (κ3) is 4.53. The normalized spacial score (nSPS) is 20.8. The summed E-state index contributed by atoms with van der Waals surface area (Å²) in [6, 6.07) is 0. The van der Waals surface area contributed by atoms with Crippen LogP contribution in [0.15, 0.2) is 10.6 Å². The molecule has 1 aliphatic heterocycles. The maximum Gasteiger partial charge on any atom is 0.410 e. The summed E-state index contributed by atoms with van der Waals surface area (Å²) in [7, 11) is 0. The molecule has 0 atom stereocenters. The Balaban J connectivity index is 2.60. The molecule has 0 aromatic rings. The first kappa shape index (κ1) is 13.5. The van der Waals surface area contributed by atoms with Gasteiger partial charge < -0.3 is 14.4 Å². The van der Waals surface area contributed by atoms with E-state index in [9.17, 15) is 4.79 Å². The summed E-state index contributed by atoms with van der Waals surface area (Å²) < 4.78 is 10.7. The van der Waals surface area contributed by atoms with Crippen LogP contribution in [0, 0.1) is 0 Å². The van der Waals surface area contributed by atoms with Gasteiger partial charge in [-0.3, -0.25) is 0 Å². The molecule has 1 amide bonds. The minimum Gasteiger partial charge on any atom is -0.444 e. The van der Waals surface area contributed by atoms with Crippen molar-refractivity contribution in [3.63, 3.8) is 0 Å². The molecule has 0 aromatic carbocycles. The summed E-state index contributed by atoms with van der Waals surface area (Å²) in [6.07, 6.45) is -0.287. The summed E-state index contributed by atoms with van der Waals surface area (Å²) in [5, 5.41) is 0. The average Bonchev–Trinajstić information content (AvgIpc) is 2.39. The van der Waals surface area contributed by atoms with E-state index in [2.05, 4.69) is 15.9 Å². The molecule has 0 bridgehead atoms. The molecular weight excluding hydrogens is 274 g/mol. The zero-order valence-electron chi connectivity index (χ0n) is 9.96. The molecule has 1 aliphatic rings. The molecule has 4 nitrogen and oxygen atoms in total. The van der Waals surface area contributed by atoms with Gasteiger partial charge in [-0.05, 0) is 31.3 Å². The predicted octanol–water partition coefficient (Wildman–Crippen LogP) is 2.53. The standard InChI is InChI=1S/C11H18BrNO3/c1-11(2,3)16-10(14)13-4-5-15-8-9(6-12)7-13/h6H,4-5,7-8H2,1-3H3/b9-6-. The molecule has 1 rings (SSSR count). The highest BCUT2D eigenvalue weighted by atomic mass is 79.9. The van der Waals surface area contributed by atoms with Crippen molar-refractivity contribution < 1.29 is 14.3 Å². The zero-order valence-corrected chi connectivity index (χ0v) is 11.5. The third-order valence-electron chi connectivity index (χ3n) is 1.99. The van der Waals surface area contributed by atoms with E-state index in [1.54, 1.807) is 9.89 Å². The van der Waals surface area contributed by atoms with Crippen LogP contribution in [0.25, 0.3) is 0 Å². The van der Waals surface area contributed by atoms with Gasteiger partial charge in [-0.2, -0.15) is 0 Å². The Kier molecular flexibility index (Phi) is 4.80. The smallest absolute Gasteiger partial charge is 0.410 e. The fourth-order valence-electron chi connectivity index (χ4n) is 1.30. The van der Waals surface area contributed by atoms with Crippen LogP contribution in [0.3, 0.4) is 0 Å². The van der Waals surface area contributed by atoms with Crippen LogP contribution in [0.5, 0.6) is 0 Å². The highest BCUT2D eigenvalue weighted by Crippen LogP contribution is 2.13. The molecule has 1 fully saturated rings. The molecule has 0 N–H and O–H groups in total. The second-order valence-corrected chi connectivity index (χ2v) is 5.18. The third-order valence-corrected chi connectivity index (χ3v) is 2.64. The SMILES string of the molecule is CC(C)(C)OC(=O)N1CCOC/C(=C\Br)C1. The van der Waals surface area contributed by atoms with Gasteiger partial charge in [0.25, 0.3) is 0 Å². The van der Waals surface area contributed by atoms with Gasteiger partial charge >= 0.3 is 6.09 Å². The summed E-state index contributed by atoms with van der Waals surface area (Å²) in [4.78, 5) is 15.3. The van der Waals surface area contributed by atoms with Crippen molar-refractivity contribution in [3.05, 3.63) is 10.6 Å². The van der Waals surface area contributed by atoms with Crippen LogP contribution < -0.4 is 0 Å². The van der Waals surface area contributed by atoms with Crippen molar-refractivity contribution in [1.82, 2.24) is 4.90 Å². The Morgan fingerprint density at radius 1 is 1.56 bits per heavy atom. The quantitative estimate of drug-likeness (QED) is 0.688. The van der Waals surface area contributed by atoms with Gasteiger partial charge in [-0.25, -0.2) is 4.79 Å². The first-order valence-electron chi connectivity index (χ1n) is 5.26. The topological polar surface area (TPSA) is 38.8 Å². The van der Waals surface area contributed by atoms with E-state index in [1.165, 1.54) is 0 Å². The van der Waals surface area contributed by atoms with Crippen molar-refractivity contribution in [1.29, 1.82) is 0 Å². The summed E-state index contributed by atoms with van der Waals surface area (Å²) in [6.45, 7) is 7.81. The molecule has 0 radical (unpaired) electrons. The number of ether oxygens (including phenoxy) is 2. The number of nitrogens with zero attached hydrogens (tertiary/aromatic N) is 1. The van der Waals surface area contributed by atoms with Crippen LogP contribution in [-0.4, -0.2) is 42.9 Å². The molecule has 0 unspecified atom stereocenters. The molecule has 5 heteroatoms. The Morgan fingerprint density at radius 2 is 2.25 bits per heavy atom. The number of carbonyl (C=O) groups is 1. The van der Waals surface area contributed by atoms with Crippen molar-refractivity contribution >= 4 is 22.0 Å². The molecule has 16 heavy (non-hydrogen) atoms. The van der Waals surface area contributed by atoms with E-state index >= 15 is 0 Å². The lowest BCUT2D eigenvalue weighted by Gasteiger charge is -2.26. The Morgan fingerprint density at radius 3 is 2.81 bits per heavy atom. The van der Waals surface area contributed by atoms with Crippen LogP contribution in [-0.2, 0) is 9.47 Å². The van der Waals surface area contributed by atoms with Gasteiger partial charge in [0, 0.05) is 13.1 Å². The van der Waals surface area contributed by atoms with Crippen LogP contribution in [0.1, 0.15) is 20.8 Å². The van der Waals surface area contributed by atoms with E-state index in [4.69, 9.17) is 9.47 Å². The maximum absolute atomic E-state index is 11.8. The first-order chi connectivity index (χ1) is 7.42. The number of hydrogen-bond donors (Lipinski definition) is 0. The van der Waals surface area contributed by atoms with Crippen molar-refractivity contribution in [2.45, 2.75) is 26.4 Å². The lowest BCUT2D eigenvalue weighted by atomic mass is 10.2. The van der Waals surface area contributed by atoms with Gasteiger partial charge in [-0.1, -0.05) is 15.9 Å². The van der Waals surface area contributed by atoms with Gasteiger partial charge in [-0.15, -0.1) is 0 Å². The Bertz CT molecular complexity index is 283. The summed E-state index contributed by atoms with van der Waals surface area (Å²) in [5.74, 6) is 0. The fraction of sp³-hybridized carbons (Fsp3) is 0.727. The van der Waals surface area contributed by atoms with Gasteiger partial charge in [0.1, 0.15) is 5.60 Å². The van der Waals surface area contributed by atoms with Crippen molar-refractivity contribution in [2.24, 2.45) is 0 Å². The second-order valence-electron chi connectivity index (χ2n) is 4.72. The Labute approximate surface area is 105 Å². The molecular formula is C11H18BrNO3. The molecule has 1 saturated heterocycles. The van der Waals surface area contributed by atoms with Crippen molar-refractivity contribution in [2.75, 3.05) is 26.3 Å². The lowest BCUT2D eigenvalue weighted by Crippen LogP contribution is -2.38. The predicted molar refractivity (Wildman–Crippen MR) is 65.6 cm³/mol. The van der Waals surface area contributed by atoms with Gasteiger partial charge in [0.15, 0.2) is 0 Å². The molecule has 0 aromatic heterocycles. The minimum absolute atomic E-state index is 0.287. The molecule has 1 heterocycles. The fourth-order valence-corrected chi connectivity index (χ4v) is 1.57. The zero-order chi connectivity index (χ0) is 12.2. The number of carbonyl (C=O) groups excluding carboxylic acids is 1. The maximum atomic E-state index is 11.8. The molecule has 0 saturated carbocycles. The molecule has 0 aliphatic carbocycles. The van der Waals surface area contributed by atoms with Gasteiger partial charge in [0.2, 0.25) is 0 Å². The largest absolute Gasteiger partial charge is 0.444 e. The highest BCUT2D eigenvalue weighted by Gasteiger charge is 2.24. The summed E-state index contributed by atoms with van der Waals surface area (Å²) >= 11 is 3.26. The number of rotatable bonds is 0. The van der Waals surface area contributed by atoms with Crippen LogP contribution in [0.2, 0.25) is 0 Å². The first-order valence-corrected chi connectivity index (χ1v) is 6.18. The monoisotopic (exact) mass is 291 g/mol.